The fourth-order valence-corrected chi connectivity index (χ4v) is 6.65. The number of thiazole rings is 1. The van der Waals surface area contributed by atoms with Crippen LogP contribution in [0.1, 0.15) is 10.4 Å². The number of carbonyl (C=O) groups excluding carboxylic acids is 1. The number of sulfonamides is 1. The molecule has 2 atom stereocenters. The largest absolute Gasteiger partial charge is 0.379 e. The second kappa shape index (κ2) is 7.92. The van der Waals surface area contributed by atoms with E-state index in [1.165, 1.54) is 4.31 Å². The maximum atomic E-state index is 13.0. The van der Waals surface area contributed by atoms with E-state index in [1.807, 2.05) is 16.5 Å². The summed E-state index contributed by atoms with van der Waals surface area (Å²) in [7, 11) is -3.55. The van der Waals surface area contributed by atoms with E-state index in [1.54, 1.807) is 35.6 Å². The SMILES string of the molecule is O=C(c1ccc(S(=O)(=O)N2CCOCC2)cc1)N1CC2CN(c3nccs3)CC2C1. The average Bonchev–Trinajstić information content (AvgIpc) is 3.50. The Balaban J connectivity index is 1.23. The molecule has 2 aromatic rings. The van der Waals surface area contributed by atoms with Crippen molar-refractivity contribution in [3.8, 4) is 0 Å². The molecular formula is C20H24N4O4S2. The van der Waals surface area contributed by atoms with Gasteiger partial charge in [0.15, 0.2) is 5.13 Å². The summed E-state index contributed by atoms with van der Waals surface area (Å²) in [5.74, 6) is 0.887. The number of aromatic nitrogens is 1. The molecule has 30 heavy (non-hydrogen) atoms. The number of anilines is 1. The Hall–Kier alpha value is -2.01. The van der Waals surface area contributed by atoms with Crippen molar-refractivity contribution in [3.63, 3.8) is 0 Å². The summed E-state index contributed by atoms with van der Waals surface area (Å²) in [5.41, 5.74) is 0.535. The van der Waals surface area contributed by atoms with Crippen molar-refractivity contribution in [2.45, 2.75) is 4.90 Å². The Morgan fingerprint density at radius 3 is 2.30 bits per heavy atom. The van der Waals surface area contributed by atoms with Gasteiger partial charge in [-0.2, -0.15) is 4.31 Å². The molecule has 8 nitrogen and oxygen atoms in total. The second-order valence-corrected chi connectivity index (χ2v) is 10.8. The standard InChI is InChI=1S/C20H24N4O4S2/c25-19(22-11-16-13-23(14-17(16)12-22)20-21-5-10-29-20)15-1-3-18(4-2-15)30(26,27)24-6-8-28-9-7-24/h1-5,10,16-17H,6-9,11-14H2. The van der Waals surface area contributed by atoms with Gasteiger partial charge in [-0.05, 0) is 24.3 Å². The molecule has 0 bridgehead atoms. The molecule has 3 aliphatic rings. The number of morpholine rings is 1. The number of benzene rings is 1. The summed E-state index contributed by atoms with van der Waals surface area (Å²) in [4.78, 5) is 21.8. The smallest absolute Gasteiger partial charge is 0.253 e. The van der Waals surface area contributed by atoms with Gasteiger partial charge in [0, 0.05) is 68.2 Å². The lowest BCUT2D eigenvalue weighted by molar-refractivity contribution is 0.0730. The highest BCUT2D eigenvalue weighted by Crippen LogP contribution is 2.35. The molecule has 0 radical (unpaired) electrons. The van der Waals surface area contributed by atoms with Crippen LogP contribution < -0.4 is 4.90 Å². The molecule has 10 heteroatoms. The maximum Gasteiger partial charge on any atom is 0.253 e. The van der Waals surface area contributed by atoms with E-state index in [2.05, 4.69) is 9.88 Å². The monoisotopic (exact) mass is 448 g/mol. The molecule has 1 aromatic carbocycles. The van der Waals surface area contributed by atoms with Crippen molar-refractivity contribution in [3.05, 3.63) is 41.4 Å². The van der Waals surface area contributed by atoms with Crippen molar-refractivity contribution in [2.24, 2.45) is 11.8 Å². The number of hydrogen-bond donors (Lipinski definition) is 0. The fourth-order valence-electron chi connectivity index (χ4n) is 4.58. The van der Waals surface area contributed by atoms with Gasteiger partial charge in [0.25, 0.3) is 5.91 Å². The Bertz CT molecular complexity index is 990. The summed E-state index contributed by atoms with van der Waals surface area (Å²) in [6.07, 6.45) is 1.83. The van der Waals surface area contributed by atoms with Crippen LogP contribution in [-0.4, -0.2) is 81.0 Å². The van der Waals surface area contributed by atoms with E-state index < -0.39 is 10.0 Å². The Kier molecular flexibility index (Phi) is 5.26. The quantitative estimate of drug-likeness (QED) is 0.703. The van der Waals surface area contributed by atoms with Crippen molar-refractivity contribution >= 4 is 32.4 Å². The fraction of sp³-hybridized carbons (Fsp3) is 0.500. The third-order valence-electron chi connectivity index (χ3n) is 6.17. The first kappa shape index (κ1) is 19.9. The zero-order valence-electron chi connectivity index (χ0n) is 16.5. The predicted octanol–water partition coefficient (Wildman–Crippen LogP) is 1.37. The lowest BCUT2D eigenvalue weighted by Gasteiger charge is -2.26. The van der Waals surface area contributed by atoms with Gasteiger partial charge in [0.2, 0.25) is 10.0 Å². The molecule has 1 aromatic heterocycles. The van der Waals surface area contributed by atoms with Gasteiger partial charge in [-0.3, -0.25) is 4.79 Å². The van der Waals surface area contributed by atoms with Crippen LogP contribution in [0, 0.1) is 11.8 Å². The van der Waals surface area contributed by atoms with Crippen molar-refractivity contribution in [1.82, 2.24) is 14.2 Å². The van der Waals surface area contributed by atoms with Gasteiger partial charge in [-0.1, -0.05) is 0 Å². The van der Waals surface area contributed by atoms with E-state index in [0.29, 0.717) is 43.7 Å². The molecule has 4 heterocycles. The van der Waals surface area contributed by atoms with E-state index in [4.69, 9.17) is 4.74 Å². The zero-order valence-corrected chi connectivity index (χ0v) is 18.1. The molecule has 3 fully saturated rings. The van der Waals surface area contributed by atoms with E-state index in [0.717, 1.165) is 31.3 Å². The molecule has 0 N–H and O–H groups in total. The highest BCUT2D eigenvalue weighted by Gasteiger charge is 2.42. The topological polar surface area (TPSA) is 83.0 Å². The van der Waals surface area contributed by atoms with Crippen LogP contribution in [0.5, 0.6) is 0 Å². The molecule has 0 spiro atoms. The Morgan fingerprint density at radius 1 is 1.03 bits per heavy atom. The Morgan fingerprint density at radius 2 is 1.70 bits per heavy atom. The lowest BCUT2D eigenvalue weighted by Crippen LogP contribution is -2.40. The van der Waals surface area contributed by atoms with Crippen LogP contribution in [0.4, 0.5) is 5.13 Å². The summed E-state index contributed by atoms with van der Waals surface area (Å²) in [6, 6.07) is 6.34. The number of rotatable bonds is 4. The van der Waals surface area contributed by atoms with Crippen LogP contribution in [-0.2, 0) is 14.8 Å². The predicted molar refractivity (Wildman–Crippen MR) is 113 cm³/mol. The summed E-state index contributed by atoms with van der Waals surface area (Å²) in [5, 5.41) is 3.04. The van der Waals surface area contributed by atoms with Gasteiger partial charge in [-0.25, -0.2) is 13.4 Å². The number of fused-ring (bicyclic) bond motifs is 1. The molecular weight excluding hydrogens is 424 g/mol. The minimum absolute atomic E-state index is 0.0273. The van der Waals surface area contributed by atoms with Gasteiger partial charge in [0.1, 0.15) is 0 Å². The lowest BCUT2D eigenvalue weighted by atomic mass is 10.0. The second-order valence-electron chi connectivity index (χ2n) is 7.99. The first-order valence-corrected chi connectivity index (χ1v) is 12.5. The minimum Gasteiger partial charge on any atom is -0.379 e. The van der Waals surface area contributed by atoms with Crippen LogP contribution in [0.25, 0.3) is 0 Å². The van der Waals surface area contributed by atoms with E-state index in [-0.39, 0.29) is 10.8 Å². The molecule has 160 valence electrons. The van der Waals surface area contributed by atoms with Crippen LogP contribution >= 0.6 is 11.3 Å². The van der Waals surface area contributed by atoms with Crippen LogP contribution in [0.15, 0.2) is 40.7 Å². The Labute approximate surface area is 180 Å². The molecule has 0 saturated carbocycles. The van der Waals surface area contributed by atoms with Gasteiger partial charge < -0.3 is 14.5 Å². The molecule has 2 unspecified atom stereocenters. The van der Waals surface area contributed by atoms with Crippen LogP contribution in [0.2, 0.25) is 0 Å². The zero-order chi connectivity index (χ0) is 20.7. The highest BCUT2D eigenvalue weighted by molar-refractivity contribution is 7.89. The number of likely N-dealkylation sites (tertiary alicyclic amines) is 1. The first-order valence-electron chi connectivity index (χ1n) is 10.1. The summed E-state index contributed by atoms with van der Waals surface area (Å²) in [6.45, 7) is 4.87. The van der Waals surface area contributed by atoms with E-state index in [9.17, 15) is 13.2 Å². The van der Waals surface area contributed by atoms with E-state index >= 15 is 0 Å². The molecule has 3 aliphatic heterocycles. The van der Waals surface area contributed by atoms with Gasteiger partial charge in [0.05, 0.1) is 18.1 Å². The van der Waals surface area contributed by atoms with Crippen LogP contribution in [0.3, 0.4) is 0 Å². The normalized spacial score (nSPS) is 24.9. The van der Waals surface area contributed by atoms with Crippen molar-refractivity contribution in [1.29, 1.82) is 0 Å². The minimum atomic E-state index is -3.55. The number of hydrogen-bond acceptors (Lipinski definition) is 7. The first-order chi connectivity index (χ1) is 14.5. The van der Waals surface area contributed by atoms with Gasteiger partial charge in [-0.15, -0.1) is 11.3 Å². The average molecular weight is 449 g/mol. The molecule has 0 aliphatic carbocycles. The van der Waals surface area contributed by atoms with Crippen molar-refractivity contribution < 1.29 is 17.9 Å². The number of ether oxygens (including phenoxy) is 1. The van der Waals surface area contributed by atoms with Gasteiger partial charge >= 0.3 is 0 Å². The third-order valence-corrected chi connectivity index (χ3v) is 8.92. The van der Waals surface area contributed by atoms with Crippen molar-refractivity contribution in [2.75, 3.05) is 57.4 Å². The summed E-state index contributed by atoms with van der Waals surface area (Å²) >= 11 is 1.65. The maximum absolute atomic E-state index is 13.0. The third kappa shape index (κ3) is 3.62. The number of carbonyl (C=O) groups is 1. The molecule has 3 saturated heterocycles. The highest BCUT2D eigenvalue weighted by atomic mass is 32.2. The summed E-state index contributed by atoms with van der Waals surface area (Å²) < 4.78 is 32.2. The number of amides is 1. The molecule has 1 amide bonds. The molecule has 5 rings (SSSR count). The number of nitrogens with zero attached hydrogens (tertiary/aromatic N) is 4.